The van der Waals surface area contributed by atoms with Crippen molar-refractivity contribution in [2.24, 2.45) is 0 Å². The average Bonchev–Trinajstić information content (AvgIpc) is 2.54. The number of carbonyl (C=O) groups excluding carboxylic acids is 1. The van der Waals surface area contributed by atoms with E-state index in [9.17, 15) is 27.5 Å². The maximum absolute atomic E-state index is 13.4. The third kappa shape index (κ3) is 3.83. The maximum atomic E-state index is 13.4. The van der Waals surface area contributed by atoms with Gasteiger partial charge in [-0.05, 0) is 17.7 Å². The number of carbonyl (C=O) groups is 1. The van der Waals surface area contributed by atoms with Crippen LogP contribution in [0, 0.1) is 5.82 Å². The lowest BCUT2D eigenvalue weighted by Crippen LogP contribution is -2.51. The van der Waals surface area contributed by atoms with Gasteiger partial charge in [0.25, 0.3) is 0 Å². The molecule has 0 aliphatic carbocycles. The van der Waals surface area contributed by atoms with Gasteiger partial charge in [0, 0.05) is 0 Å². The number of anilines is 1. The van der Waals surface area contributed by atoms with Crippen molar-refractivity contribution in [1.29, 1.82) is 0 Å². The van der Waals surface area contributed by atoms with E-state index < -0.39 is 35.7 Å². The van der Waals surface area contributed by atoms with E-state index in [0.29, 0.717) is 0 Å². The van der Waals surface area contributed by atoms with Gasteiger partial charge < -0.3 is 15.7 Å². The lowest BCUT2D eigenvalue weighted by atomic mass is 9.93. The smallest absolute Gasteiger partial charge is 0.375 e. The van der Waals surface area contributed by atoms with Gasteiger partial charge in [0.1, 0.15) is 5.82 Å². The number of halogens is 4. The zero-order valence-corrected chi connectivity index (χ0v) is 12.3. The van der Waals surface area contributed by atoms with Gasteiger partial charge in [-0.25, -0.2) is 9.18 Å². The second-order valence-electron chi connectivity index (χ2n) is 5.01. The number of hydrogen-bond donors (Lipinski definition) is 3. The van der Waals surface area contributed by atoms with Crippen LogP contribution in [0.3, 0.4) is 0 Å². The number of rotatable bonds is 4. The van der Waals surface area contributed by atoms with Crippen molar-refractivity contribution in [2.45, 2.75) is 11.8 Å². The van der Waals surface area contributed by atoms with E-state index in [2.05, 4.69) is 5.32 Å². The van der Waals surface area contributed by atoms with Crippen LogP contribution in [-0.2, 0) is 5.60 Å². The number of hydrogen-bond acceptors (Lipinski definition) is 2. The zero-order valence-electron chi connectivity index (χ0n) is 12.3. The molecule has 0 fully saturated rings. The minimum Gasteiger partial charge on any atom is -0.375 e. The number of benzene rings is 2. The molecule has 0 aromatic heterocycles. The van der Waals surface area contributed by atoms with Gasteiger partial charge in [-0.15, -0.1) is 0 Å². The van der Waals surface area contributed by atoms with E-state index in [4.69, 9.17) is 0 Å². The van der Waals surface area contributed by atoms with Crippen molar-refractivity contribution >= 4 is 11.7 Å². The Labute approximate surface area is 135 Å². The molecule has 0 aliphatic rings. The normalized spacial score (nSPS) is 13.9. The van der Waals surface area contributed by atoms with Crippen LogP contribution in [0.4, 0.5) is 28.0 Å². The fourth-order valence-corrected chi connectivity index (χ4v) is 2.02. The summed E-state index contributed by atoms with van der Waals surface area (Å²) < 4.78 is 53.2. The number of alkyl halides is 3. The first-order chi connectivity index (χ1) is 11.2. The average molecular weight is 342 g/mol. The van der Waals surface area contributed by atoms with Gasteiger partial charge in [0.05, 0.1) is 12.2 Å². The van der Waals surface area contributed by atoms with Gasteiger partial charge in [-0.3, -0.25) is 0 Å². The predicted molar refractivity (Wildman–Crippen MR) is 79.8 cm³/mol. The summed E-state index contributed by atoms with van der Waals surface area (Å²) in [4.78, 5) is 11.7. The molecule has 2 amide bonds. The first-order valence-corrected chi connectivity index (χ1v) is 6.88. The Bertz CT molecular complexity index is 707. The summed E-state index contributed by atoms with van der Waals surface area (Å²) in [6.07, 6.45) is -5.01. The van der Waals surface area contributed by atoms with Crippen molar-refractivity contribution in [1.82, 2.24) is 5.32 Å². The van der Waals surface area contributed by atoms with Crippen molar-refractivity contribution < 1.29 is 27.5 Å². The Morgan fingerprint density at radius 2 is 1.58 bits per heavy atom. The fourth-order valence-electron chi connectivity index (χ4n) is 2.02. The van der Waals surface area contributed by atoms with Crippen molar-refractivity contribution in [3.63, 3.8) is 0 Å². The second kappa shape index (κ2) is 6.88. The highest BCUT2D eigenvalue weighted by Crippen LogP contribution is 2.38. The van der Waals surface area contributed by atoms with Crippen LogP contribution in [0.2, 0.25) is 0 Å². The Kier molecular flexibility index (Phi) is 5.08. The molecule has 2 aromatic rings. The number of para-hydroxylation sites is 1. The maximum Gasteiger partial charge on any atom is 0.423 e. The van der Waals surface area contributed by atoms with Crippen molar-refractivity contribution in [3.05, 3.63) is 66.0 Å². The van der Waals surface area contributed by atoms with Crippen LogP contribution in [0.25, 0.3) is 0 Å². The van der Waals surface area contributed by atoms with Gasteiger partial charge in [0.2, 0.25) is 5.60 Å². The quantitative estimate of drug-likeness (QED) is 0.746. The first-order valence-electron chi connectivity index (χ1n) is 6.88. The monoisotopic (exact) mass is 342 g/mol. The Hall–Kier alpha value is -2.61. The van der Waals surface area contributed by atoms with E-state index in [1.54, 1.807) is 0 Å². The summed E-state index contributed by atoms with van der Waals surface area (Å²) in [5.74, 6) is -0.734. The summed E-state index contributed by atoms with van der Waals surface area (Å²) in [6.45, 7) is -1.12. The molecule has 0 heterocycles. The first kappa shape index (κ1) is 17.7. The van der Waals surface area contributed by atoms with Crippen LogP contribution in [0.5, 0.6) is 0 Å². The summed E-state index contributed by atoms with van der Waals surface area (Å²) >= 11 is 0. The third-order valence-corrected chi connectivity index (χ3v) is 3.35. The van der Waals surface area contributed by atoms with Crippen LogP contribution in [0.1, 0.15) is 5.56 Å². The summed E-state index contributed by atoms with van der Waals surface area (Å²) in [7, 11) is 0. The minimum atomic E-state index is -5.01. The van der Waals surface area contributed by atoms with E-state index in [1.165, 1.54) is 36.4 Å². The summed E-state index contributed by atoms with van der Waals surface area (Å²) in [5, 5.41) is 14.0. The molecule has 2 aromatic carbocycles. The topological polar surface area (TPSA) is 61.4 Å². The van der Waals surface area contributed by atoms with E-state index in [0.717, 1.165) is 18.2 Å². The van der Waals surface area contributed by atoms with Crippen LogP contribution in [-0.4, -0.2) is 23.9 Å². The van der Waals surface area contributed by atoms with Crippen LogP contribution < -0.4 is 10.6 Å². The molecular weight excluding hydrogens is 328 g/mol. The largest absolute Gasteiger partial charge is 0.423 e. The molecule has 2 rings (SSSR count). The zero-order chi connectivity index (χ0) is 17.8. The Morgan fingerprint density at radius 1 is 1.00 bits per heavy atom. The molecule has 4 nitrogen and oxygen atoms in total. The molecule has 1 atom stereocenters. The van der Waals surface area contributed by atoms with Crippen molar-refractivity contribution in [2.75, 3.05) is 11.9 Å². The highest BCUT2D eigenvalue weighted by Gasteiger charge is 2.55. The minimum absolute atomic E-state index is 0.190. The third-order valence-electron chi connectivity index (χ3n) is 3.35. The number of urea groups is 1. The molecule has 0 unspecified atom stereocenters. The predicted octanol–water partition coefficient (Wildman–Crippen LogP) is 3.40. The van der Waals surface area contributed by atoms with Crippen LogP contribution >= 0.6 is 0 Å². The number of amides is 2. The lowest BCUT2D eigenvalue weighted by molar-refractivity contribution is -0.263. The Balaban J connectivity index is 2.12. The van der Waals surface area contributed by atoms with Crippen LogP contribution in [0.15, 0.2) is 54.6 Å². The number of nitrogens with one attached hydrogen (secondary N) is 2. The standard InChI is InChI=1S/C16H14F4N2O2/c17-12-8-4-5-9-13(12)22-14(23)21-10-15(24,16(18,19)20)11-6-2-1-3-7-11/h1-9,24H,10H2,(H2,21,22,23)/t15-/m1/s1. The molecule has 0 radical (unpaired) electrons. The molecule has 24 heavy (non-hydrogen) atoms. The van der Waals surface area contributed by atoms with Gasteiger partial charge in [0.15, 0.2) is 0 Å². The molecule has 0 spiro atoms. The van der Waals surface area contributed by atoms with Gasteiger partial charge in [-0.2, -0.15) is 13.2 Å². The summed E-state index contributed by atoms with van der Waals surface area (Å²) in [5.41, 5.74) is -3.87. The fraction of sp³-hybridized carbons (Fsp3) is 0.188. The Morgan fingerprint density at radius 3 is 2.17 bits per heavy atom. The van der Waals surface area contributed by atoms with Crippen molar-refractivity contribution in [3.8, 4) is 0 Å². The summed E-state index contributed by atoms with van der Waals surface area (Å²) in [6, 6.07) is 10.5. The number of aliphatic hydroxyl groups is 1. The van der Waals surface area contributed by atoms with Gasteiger partial charge in [-0.1, -0.05) is 42.5 Å². The molecule has 0 aliphatic heterocycles. The molecule has 3 N–H and O–H groups in total. The second-order valence-corrected chi connectivity index (χ2v) is 5.01. The lowest BCUT2D eigenvalue weighted by Gasteiger charge is -2.31. The highest BCUT2D eigenvalue weighted by molar-refractivity contribution is 5.89. The van der Waals surface area contributed by atoms with E-state index in [-0.39, 0.29) is 5.69 Å². The molecule has 8 heteroatoms. The highest BCUT2D eigenvalue weighted by atomic mass is 19.4. The van der Waals surface area contributed by atoms with E-state index in [1.807, 2.05) is 5.32 Å². The molecular formula is C16H14F4N2O2. The SMILES string of the molecule is O=C(NC[C@@](O)(c1ccccc1)C(F)(F)F)Nc1ccccc1F. The molecule has 0 saturated heterocycles. The molecule has 0 bridgehead atoms. The van der Waals surface area contributed by atoms with E-state index >= 15 is 0 Å². The van der Waals surface area contributed by atoms with Gasteiger partial charge >= 0.3 is 12.2 Å². The molecule has 128 valence electrons. The molecule has 0 saturated carbocycles.